The average molecular weight is 437 g/mol. The van der Waals surface area contributed by atoms with Crippen LogP contribution in [0.15, 0.2) is 48.7 Å². The normalized spacial score (nSPS) is 13.2. The van der Waals surface area contributed by atoms with Gasteiger partial charge in [-0.2, -0.15) is 0 Å². The molecule has 32 heavy (non-hydrogen) atoms. The van der Waals surface area contributed by atoms with Crippen LogP contribution in [-0.4, -0.2) is 48.7 Å². The van der Waals surface area contributed by atoms with Crippen molar-refractivity contribution in [2.75, 3.05) is 32.6 Å². The number of carbonyl (C=O) groups excluding carboxylic acids is 2. The van der Waals surface area contributed by atoms with E-state index in [2.05, 4.69) is 10.6 Å². The van der Waals surface area contributed by atoms with Crippen LogP contribution >= 0.6 is 0 Å². The molecule has 0 saturated carbocycles. The molecule has 0 spiro atoms. The topological polar surface area (TPSA) is 84.8 Å². The summed E-state index contributed by atoms with van der Waals surface area (Å²) in [6.07, 6.45) is 4.06. The summed E-state index contributed by atoms with van der Waals surface area (Å²) in [5, 5.41) is 6.66. The SMILES string of the molecule is COc1ccc(NC(=O)NCc2cn(CC(=O)N3CCCC3)c3ccc(OC)cc23)cc1. The zero-order valence-corrected chi connectivity index (χ0v) is 18.4. The number of urea groups is 1. The van der Waals surface area contributed by atoms with E-state index in [1.54, 1.807) is 38.5 Å². The Kier molecular flexibility index (Phi) is 6.49. The van der Waals surface area contributed by atoms with Gasteiger partial charge in [-0.15, -0.1) is 0 Å². The molecule has 1 fully saturated rings. The Morgan fingerprint density at radius 1 is 0.969 bits per heavy atom. The molecule has 1 aromatic heterocycles. The maximum absolute atomic E-state index is 12.7. The quantitative estimate of drug-likeness (QED) is 0.593. The van der Waals surface area contributed by atoms with Crippen LogP contribution in [0.25, 0.3) is 10.9 Å². The highest BCUT2D eigenvalue weighted by Crippen LogP contribution is 2.26. The highest BCUT2D eigenvalue weighted by Gasteiger charge is 2.20. The molecule has 4 rings (SSSR count). The van der Waals surface area contributed by atoms with Gasteiger partial charge in [0, 0.05) is 42.4 Å². The van der Waals surface area contributed by atoms with Crippen LogP contribution in [-0.2, 0) is 17.9 Å². The number of ether oxygens (including phenoxy) is 2. The van der Waals surface area contributed by atoms with Gasteiger partial charge < -0.3 is 29.6 Å². The van der Waals surface area contributed by atoms with Crippen molar-refractivity contribution in [2.45, 2.75) is 25.9 Å². The standard InChI is InChI=1S/C24H28N4O4/c1-31-19-7-5-18(6-8-19)26-24(30)25-14-17-15-28(16-23(29)27-11-3-4-12-27)22-10-9-20(32-2)13-21(17)22/h5-10,13,15H,3-4,11-12,14,16H2,1-2H3,(H2,25,26,30). The third kappa shape index (κ3) is 4.80. The Bertz CT molecular complexity index is 1100. The van der Waals surface area contributed by atoms with E-state index in [0.717, 1.165) is 53.9 Å². The van der Waals surface area contributed by atoms with Crippen molar-refractivity contribution in [3.63, 3.8) is 0 Å². The monoisotopic (exact) mass is 436 g/mol. The first-order valence-corrected chi connectivity index (χ1v) is 10.7. The average Bonchev–Trinajstić information content (AvgIpc) is 3.47. The zero-order valence-electron chi connectivity index (χ0n) is 18.4. The van der Waals surface area contributed by atoms with Crippen LogP contribution in [0.1, 0.15) is 18.4 Å². The Balaban J connectivity index is 1.48. The number of nitrogens with one attached hydrogen (secondary N) is 2. The van der Waals surface area contributed by atoms with Gasteiger partial charge in [-0.25, -0.2) is 4.79 Å². The van der Waals surface area contributed by atoms with Crippen molar-refractivity contribution in [3.05, 3.63) is 54.2 Å². The third-order valence-electron chi connectivity index (χ3n) is 5.72. The van der Waals surface area contributed by atoms with Crippen LogP contribution in [0.5, 0.6) is 11.5 Å². The Labute approximate surface area is 187 Å². The van der Waals surface area contributed by atoms with Crippen LogP contribution < -0.4 is 20.1 Å². The maximum atomic E-state index is 12.7. The molecule has 0 radical (unpaired) electrons. The number of hydrogen-bond acceptors (Lipinski definition) is 4. The minimum absolute atomic E-state index is 0.118. The smallest absolute Gasteiger partial charge is 0.319 e. The van der Waals surface area contributed by atoms with Crippen molar-refractivity contribution >= 4 is 28.5 Å². The number of methoxy groups -OCH3 is 2. The van der Waals surface area contributed by atoms with Crippen LogP contribution in [0, 0.1) is 0 Å². The first-order valence-electron chi connectivity index (χ1n) is 10.7. The van der Waals surface area contributed by atoms with Crippen LogP contribution in [0.3, 0.4) is 0 Å². The van der Waals surface area contributed by atoms with Crippen LogP contribution in [0.4, 0.5) is 10.5 Å². The number of fused-ring (bicyclic) bond motifs is 1. The number of nitrogens with zero attached hydrogens (tertiary/aromatic N) is 2. The Morgan fingerprint density at radius 3 is 2.34 bits per heavy atom. The molecular weight excluding hydrogens is 408 g/mol. The molecule has 8 heteroatoms. The Morgan fingerprint density at radius 2 is 1.66 bits per heavy atom. The molecule has 3 aromatic rings. The molecule has 2 N–H and O–H groups in total. The molecule has 1 aliphatic heterocycles. The van der Waals surface area contributed by atoms with Crippen molar-refractivity contribution < 1.29 is 19.1 Å². The predicted molar refractivity (Wildman–Crippen MR) is 123 cm³/mol. The highest BCUT2D eigenvalue weighted by molar-refractivity contribution is 5.91. The van der Waals surface area contributed by atoms with Gasteiger partial charge in [-0.1, -0.05) is 0 Å². The summed E-state index contributed by atoms with van der Waals surface area (Å²) in [6.45, 7) is 2.25. The lowest BCUT2D eigenvalue weighted by atomic mass is 10.1. The van der Waals surface area contributed by atoms with Crippen molar-refractivity contribution in [2.24, 2.45) is 0 Å². The zero-order chi connectivity index (χ0) is 22.5. The van der Waals surface area contributed by atoms with Gasteiger partial charge in [-0.3, -0.25) is 4.79 Å². The van der Waals surface area contributed by atoms with E-state index in [9.17, 15) is 9.59 Å². The minimum atomic E-state index is -0.313. The molecule has 0 aliphatic carbocycles. The van der Waals surface area contributed by atoms with Crippen molar-refractivity contribution in [3.8, 4) is 11.5 Å². The summed E-state index contributed by atoms with van der Waals surface area (Å²) in [5.41, 5.74) is 2.52. The van der Waals surface area contributed by atoms with Gasteiger partial charge >= 0.3 is 6.03 Å². The molecular formula is C24H28N4O4. The molecule has 1 aliphatic rings. The van der Waals surface area contributed by atoms with Gasteiger partial charge in [0.15, 0.2) is 0 Å². The highest BCUT2D eigenvalue weighted by atomic mass is 16.5. The second kappa shape index (κ2) is 9.64. The number of carbonyl (C=O) groups is 2. The van der Waals surface area contributed by atoms with Crippen LogP contribution in [0.2, 0.25) is 0 Å². The lowest BCUT2D eigenvalue weighted by molar-refractivity contribution is -0.130. The number of rotatable bonds is 7. The van der Waals surface area contributed by atoms with Gasteiger partial charge in [0.05, 0.1) is 14.2 Å². The van der Waals surface area contributed by atoms with E-state index < -0.39 is 0 Å². The van der Waals surface area contributed by atoms with Gasteiger partial charge in [0.1, 0.15) is 18.0 Å². The van der Waals surface area contributed by atoms with Crippen molar-refractivity contribution in [1.82, 2.24) is 14.8 Å². The predicted octanol–water partition coefficient (Wildman–Crippen LogP) is 3.60. The number of hydrogen-bond donors (Lipinski definition) is 2. The number of aromatic nitrogens is 1. The molecule has 8 nitrogen and oxygen atoms in total. The molecule has 2 aromatic carbocycles. The molecule has 0 bridgehead atoms. The largest absolute Gasteiger partial charge is 0.497 e. The molecule has 3 amide bonds. The number of anilines is 1. The molecule has 0 unspecified atom stereocenters. The summed E-state index contributed by atoms with van der Waals surface area (Å²) in [4.78, 5) is 27.0. The maximum Gasteiger partial charge on any atom is 0.319 e. The van der Waals surface area contributed by atoms with Gasteiger partial charge in [0.25, 0.3) is 0 Å². The summed E-state index contributed by atoms with van der Waals surface area (Å²) in [7, 11) is 3.22. The molecule has 2 heterocycles. The number of benzene rings is 2. The van der Waals surface area contributed by atoms with E-state index in [4.69, 9.17) is 9.47 Å². The summed E-state index contributed by atoms with van der Waals surface area (Å²) in [6, 6.07) is 12.6. The summed E-state index contributed by atoms with van der Waals surface area (Å²) in [5.74, 6) is 1.57. The van der Waals surface area contributed by atoms with Gasteiger partial charge in [-0.05, 0) is 60.9 Å². The van der Waals surface area contributed by atoms with E-state index in [1.807, 2.05) is 33.9 Å². The van der Waals surface area contributed by atoms with E-state index in [0.29, 0.717) is 12.2 Å². The fourth-order valence-corrected chi connectivity index (χ4v) is 3.99. The number of amides is 3. The van der Waals surface area contributed by atoms with E-state index >= 15 is 0 Å². The van der Waals surface area contributed by atoms with Gasteiger partial charge in [0.2, 0.25) is 5.91 Å². The lowest BCUT2D eigenvalue weighted by Gasteiger charge is -2.16. The number of likely N-dealkylation sites (tertiary alicyclic amines) is 1. The first-order chi connectivity index (χ1) is 15.6. The second-order valence-electron chi connectivity index (χ2n) is 7.79. The fraction of sp³-hybridized carbons (Fsp3) is 0.333. The molecule has 168 valence electrons. The van der Waals surface area contributed by atoms with E-state index in [-0.39, 0.29) is 18.5 Å². The molecule has 1 saturated heterocycles. The summed E-state index contributed by atoms with van der Waals surface area (Å²) < 4.78 is 12.5. The first kappa shape index (κ1) is 21.5. The Hall–Kier alpha value is -3.68. The second-order valence-corrected chi connectivity index (χ2v) is 7.79. The third-order valence-corrected chi connectivity index (χ3v) is 5.72. The summed E-state index contributed by atoms with van der Waals surface area (Å²) >= 11 is 0. The molecule has 0 atom stereocenters. The minimum Gasteiger partial charge on any atom is -0.497 e. The lowest BCUT2D eigenvalue weighted by Crippen LogP contribution is -2.30. The van der Waals surface area contributed by atoms with E-state index in [1.165, 1.54) is 0 Å². The van der Waals surface area contributed by atoms with Crippen molar-refractivity contribution in [1.29, 1.82) is 0 Å². The fourth-order valence-electron chi connectivity index (χ4n) is 3.99.